The van der Waals surface area contributed by atoms with Crippen molar-refractivity contribution in [2.75, 3.05) is 13.2 Å². The third-order valence-corrected chi connectivity index (χ3v) is 12.1. The number of aliphatic hydroxyl groups excluding tert-OH is 2. The van der Waals surface area contributed by atoms with Crippen LogP contribution in [0.1, 0.15) is 284 Å². The molecule has 0 radical (unpaired) electrons. The highest BCUT2D eigenvalue weighted by Gasteiger charge is 2.18. The number of hydrogen-bond donors (Lipinski definition) is 3. The van der Waals surface area contributed by atoms with Gasteiger partial charge >= 0.3 is 5.97 Å². The zero-order chi connectivity index (χ0) is 42.3. The van der Waals surface area contributed by atoms with Crippen molar-refractivity contribution < 1.29 is 24.5 Å². The van der Waals surface area contributed by atoms with E-state index in [1.165, 1.54) is 199 Å². The molecule has 0 aliphatic carbocycles. The van der Waals surface area contributed by atoms with E-state index in [2.05, 4.69) is 19.2 Å². The topological polar surface area (TPSA) is 95.9 Å². The minimum atomic E-state index is -0.855. The minimum Gasteiger partial charge on any atom is -0.466 e. The van der Waals surface area contributed by atoms with Crippen molar-refractivity contribution >= 4 is 11.9 Å². The van der Waals surface area contributed by atoms with E-state index in [9.17, 15) is 19.8 Å². The monoisotopic (exact) mass is 820 g/mol. The SMILES string of the molecule is CCCCCCCCCCCCCCCCCCC/C=C/C(O)C(CO)NC(=O)CCCCCCCCCCCCCOC(=O)CCCCCCCCCCCCC. The molecule has 0 bridgehead atoms. The molecule has 0 saturated carbocycles. The molecule has 2 unspecified atom stereocenters. The van der Waals surface area contributed by atoms with Crippen molar-refractivity contribution in [3.05, 3.63) is 12.2 Å². The van der Waals surface area contributed by atoms with Crippen molar-refractivity contribution in [2.24, 2.45) is 0 Å². The summed E-state index contributed by atoms with van der Waals surface area (Å²) in [6.07, 6.45) is 54.9. The summed E-state index contributed by atoms with van der Waals surface area (Å²) < 4.78 is 5.44. The van der Waals surface area contributed by atoms with E-state index in [1.807, 2.05) is 6.08 Å². The maximum Gasteiger partial charge on any atom is 0.305 e. The van der Waals surface area contributed by atoms with Crippen molar-refractivity contribution in [3.8, 4) is 0 Å². The van der Waals surface area contributed by atoms with Crippen molar-refractivity contribution in [1.29, 1.82) is 0 Å². The van der Waals surface area contributed by atoms with Gasteiger partial charge in [0.2, 0.25) is 5.91 Å². The maximum atomic E-state index is 12.4. The normalized spacial score (nSPS) is 12.7. The Morgan fingerprint density at radius 1 is 0.466 bits per heavy atom. The van der Waals surface area contributed by atoms with Crippen LogP contribution in [0.5, 0.6) is 0 Å². The molecule has 0 rings (SSSR count). The highest BCUT2D eigenvalue weighted by atomic mass is 16.5. The van der Waals surface area contributed by atoms with Crippen molar-refractivity contribution in [2.45, 2.75) is 296 Å². The maximum absolute atomic E-state index is 12.4. The standard InChI is InChI=1S/C52H101NO5/c1-3-5-7-9-11-13-15-16-17-18-19-20-21-22-25-28-32-36-40-44-50(55)49(48-54)53-51(56)45-41-37-33-29-26-23-27-31-35-39-43-47-58-52(57)46-42-38-34-30-24-14-12-10-8-6-4-2/h40,44,49-50,54-55H,3-39,41-43,45-48H2,1-2H3,(H,53,56)/b44-40+. The number of ether oxygens (including phenoxy) is 1. The van der Waals surface area contributed by atoms with Gasteiger partial charge in [-0.1, -0.05) is 251 Å². The number of unbranched alkanes of at least 4 members (excludes halogenated alkanes) is 37. The number of allylic oxidation sites excluding steroid dienone is 1. The van der Waals surface area contributed by atoms with Gasteiger partial charge in [0.15, 0.2) is 0 Å². The molecule has 0 spiro atoms. The van der Waals surface area contributed by atoms with E-state index in [4.69, 9.17) is 4.74 Å². The average Bonchev–Trinajstić information content (AvgIpc) is 3.22. The van der Waals surface area contributed by atoms with Crippen LogP contribution in [0.4, 0.5) is 0 Å². The zero-order valence-corrected chi connectivity index (χ0v) is 39.0. The summed E-state index contributed by atoms with van der Waals surface area (Å²) in [5.74, 6) is -0.0998. The fourth-order valence-electron chi connectivity index (χ4n) is 8.05. The molecule has 0 aromatic rings. The van der Waals surface area contributed by atoms with Gasteiger partial charge in [-0.25, -0.2) is 0 Å². The van der Waals surface area contributed by atoms with Crippen LogP contribution < -0.4 is 5.32 Å². The van der Waals surface area contributed by atoms with Gasteiger partial charge in [-0.3, -0.25) is 9.59 Å². The largest absolute Gasteiger partial charge is 0.466 e. The van der Waals surface area contributed by atoms with Gasteiger partial charge in [-0.05, 0) is 32.1 Å². The van der Waals surface area contributed by atoms with E-state index in [0.717, 1.165) is 57.8 Å². The van der Waals surface area contributed by atoms with Gasteiger partial charge < -0.3 is 20.3 Å². The molecular weight excluding hydrogens is 719 g/mol. The van der Waals surface area contributed by atoms with Gasteiger partial charge in [0, 0.05) is 12.8 Å². The van der Waals surface area contributed by atoms with Crippen molar-refractivity contribution in [1.82, 2.24) is 5.32 Å². The molecule has 3 N–H and O–H groups in total. The van der Waals surface area contributed by atoms with Gasteiger partial charge in [-0.15, -0.1) is 0 Å². The molecule has 0 aliphatic heterocycles. The Bertz CT molecular complexity index is 863. The molecule has 6 nitrogen and oxygen atoms in total. The molecule has 58 heavy (non-hydrogen) atoms. The van der Waals surface area contributed by atoms with E-state index in [1.54, 1.807) is 6.08 Å². The summed E-state index contributed by atoms with van der Waals surface area (Å²) in [6.45, 7) is 4.87. The quantitative estimate of drug-likeness (QED) is 0.0323. The predicted molar refractivity (Wildman–Crippen MR) is 250 cm³/mol. The Balaban J connectivity index is 3.51. The highest BCUT2D eigenvalue weighted by molar-refractivity contribution is 5.76. The van der Waals surface area contributed by atoms with Crippen LogP contribution >= 0.6 is 0 Å². The number of amides is 1. The molecule has 1 amide bonds. The molecule has 0 aromatic heterocycles. The van der Waals surface area contributed by atoms with Crippen LogP contribution in [0, 0.1) is 0 Å². The number of nitrogens with one attached hydrogen (secondary N) is 1. The number of carbonyl (C=O) groups is 2. The first-order valence-electron chi connectivity index (χ1n) is 26.0. The molecule has 2 atom stereocenters. The minimum absolute atomic E-state index is 0.0153. The van der Waals surface area contributed by atoms with Crippen LogP contribution in [-0.4, -0.2) is 47.4 Å². The smallest absolute Gasteiger partial charge is 0.305 e. The van der Waals surface area contributed by atoms with Gasteiger partial charge in [-0.2, -0.15) is 0 Å². The summed E-state index contributed by atoms with van der Waals surface area (Å²) in [6, 6.07) is -0.640. The average molecular weight is 820 g/mol. The lowest BCUT2D eigenvalue weighted by Crippen LogP contribution is -2.45. The number of aliphatic hydroxyl groups is 2. The molecule has 0 saturated heterocycles. The number of carbonyl (C=O) groups excluding carboxylic acids is 2. The van der Waals surface area contributed by atoms with Crippen molar-refractivity contribution in [3.63, 3.8) is 0 Å². The molecular formula is C52H101NO5. The fourth-order valence-corrected chi connectivity index (χ4v) is 8.05. The fraction of sp³-hybridized carbons (Fsp3) is 0.923. The third kappa shape index (κ3) is 44.2. The molecule has 0 aliphatic rings. The Hall–Kier alpha value is -1.40. The Labute approximate surface area is 361 Å². The third-order valence-electron chi connectivity index (χ3n) is 12.1. The number of hydrogen-bond acceptors (Lipinski definition) is 5. The first-order valence-corrected chi connectivity index (χ1v) is 26.0. The lowest BCUT2D eigenvalue weighted by molar-refractivity contribution is -0.143. The summed E-state index contributed by atoms with van der Waals surface area (Å²) in [4.78, 5) is 24.4. The Kier molecular flexibility index (Phi) is 47.1. The highest BCUT2D eigenvalue weighted by Crippen LogP contribution is 2.16. The van der Waals surface area contributed by atoms with Crippen LogP contribution in [-0.2, 0) is 14.3 Å². The van der Waals surface area contributed by atoms with E-state index in [-0.39, 0.29) is 18.5 Å². The molecule has 6 heteroatoms. The van der Waals surface area contributed by atoms with E-state index >= 15 is 0 Å². The lowest BCUT2D eigenvalue weighted by Gasteiger charge is -2.20. The summed E-state index contributed by atoms with van der Waals surface area (Å²) in [5.41, 5.74) is 0. The second-order valence-electron chi connectivity index (χ2n) is 17.9. The predicted octanol–water partition coefficient (Wildman–Crippen LogP) is 15.3. The van der Waals surface area contributed by atoms with Gasteiger partial charge in [0.25, 0.3) is 0 Å². The second-order valence-corrected chi connectivity index (χ2v) is 17.9. The van der Waals surface area contributed by atoms with Crippen LogP contribution in [0.2, 0.25) is 0 Å². The van der Waals surface area contributed by atoms with Gasteiger partial charge in [0.05, 0.1) is 25.4 Å². The summed E-state index contributed by atoms with van der Waals surface area (Å²) >= 11 is 0. The molecule has 0 fully saturated rings. The van der Waals surface area contributed by atoms with Crippen LogP contribution in [0.15, 0.2) is 12.2 Å². The zero-order valence-electron chi connectivity index (χ0n) is 39.0. The number of rotatable bonds is 48. The first kappa shape index (κ1) is 56.6. The number of esters is 1. The first-order chi connectivity index (χ1) is 28.5. The van der Waals surface area contributed by atoms with E-state index in [0.29, 0.717) is 19.4 Å². The second kappa shape index (κ2) is 48.3. The molecule has 0 heterocycles. The van der Waals surface area contributed by atoms with Gasteiger partial charge in [0.1, 0.15) is 0 Å². The lowest BCUT2D eigenvalue weighted by atomic mass is 10.0. The van der Waals surface area contributed by atoms with E-state index < -0.39 is 12.1 Å². The Morgan fingerprint density at radius 3 is 1.17 bits per heavy atom. The van der Waals surface area contributed by atoms with Crippen LogP contribution in [0.3, 0.4) is 0 Å². The molecule has 344 valence electrons. The molecule has 0 aromatic carbocycles. The summed E-state index contributed by atoms with van der Waals surface area (Å²) in [7, 11) is 0. The van der Waals surface area contributed by atoms with Crippen LogP contribution in [0.25, 0.3) is 0 Å². The Morgan fingerprint density at radius 2 is 0.793 bits per heavy atom. The summed E-state index contributed by atoms with van der Waals surface area (Å²) in [5, 5.41) is 23.1.